The highest BCUT2D eigenvalue weighted by atomic mass is 16.5. The fourth-order valence-corrected chi connectivity index (χ4v) is 2.51. The summed E-state index contributed by atoms with van der Waals surface area (Å²) < 4.78 is 5.68. The van der Waals surface area contributed by atoms with Crippen LogP contribution in [0.15, 0.2) is 6.20 Å². The minimum absolute atomic E-state index is 0.0437. The largest absolute Gasteiger partial charge is 0.385 e. The molecule has 1 aromatic heterocycles. The summed E-state index contributed by atoms with van der Waals surface area (Å²) in [6.45, 7) is 9.17. The van der Waals surface area contributed by atoms with E-state index in [1.165, 1.54) is 0 Å². The van der Waals surface area contributed by atoms with Crippen LogP contribution in [-0.4, -0.2) is 53.1 Å². The van der Waals surface area contributed by atoms with Gasteiger partial charge in [-0.15, -0.1) is 0 Å². The van der Waals surface area contributed by atoms with E-state index in [0.29, 0.717) is 30.3 Å². The van der Waals surface area contributed by atoms with Crippen molar-refractivity contribution in [3.8, 4) is 0 Å². The molecule has 0 aromatic carbocycles. The highest BCUT2D eigenvalue weighted by Gasteiger charge is 2.29. The Kier molecular flexibility index (Phi) is 4.77. The van der Waals surface area contributed by atoms with Crippen LogP contribution in [0.4, 0.5) is 5.69 Å². The molecule has 1 saturated heterocycles. The zero-order chi connectivity index (χ0) is 15.6. The van der Waals surface area contributed by atoms with Gasteiger partial charge in [0.05, 0.1) is 24.1 Å². The van der Waals surface area contributed by atoms with Crippen molar-refractivity contribution in [2.75, 3.05) is 25.5 Å². The van der Waals surface area contributed by atoms with Crippen LogP contribution in [0.5, 0.6) is 0 Å². The third kappa shape index (κ3) is 3.50. The molecule has 6 nitrogen and oxygen atoms in total. The Morgan fingerprint density at radius 1 is 1.38 bits per heavy atom. The number of carbonyl (C=O) groups is 1. The lowest BCUT2D eigenvalue weighted by molar-refractivity contribution is -0.0587. The number of nitrogens with one attached hydrogen (secondary N) is 1. The van der Waals surface area contributed by atoms with Crippen molar-refractivity contribution >= 4 is 11.6 Å². The third-order valence-corrected chi connectivity index (χ3v) is 3.50. The fraction of sp³-hybridized carbons (Fsp3) is 0.667. The van der Waals surface area contributed by atoms with E-state index in [1.54, 1.807) is 13.2 Å². The van der Waals surface area contributed by atoms with Crippen molar-refractivity contribution < 1.29 is 9.53 Å². The average Bonchev–Trinajstić information content (AvgIpc) is 2.44. The summed E-state index contributed by atoms with van der Waals surface area (Å²) in [5.74, 6) is 0.808. The Hall–Kier alpha value is -1.69. The molecule has 2 heterocycles. The summed E-state index contributed by atoms with van der Waals surface area (Å²) in [6.07, 6.45) is 1.77. The molecule has 0 unspecified atom stereocenters. The first-order valence-electron chi connectivity index (χ1n) is 7.41. The number of hydrogen-bond acceptors (Lipinski definition) is 5. The second-order valence-corrected chi connectivity index (χ2v) is 5.86. The van der Waals surface area contributed by atoms with Crippen molar-refractivity contribution in [1.82, 2.24) is 14.9 Å². The molecule has 6 heteroatoms. The van der Waals surface area contributed by atoms with E-state index in [1.807, 2.05) is 32.6 Å². The Morgan fingerprint density at radius 3 is 2.52 bits per heavy atom. The van der Waals surface area contributed by atoms with Crippen LogP contribution in [0.1, 0.15) is 49.9 Å². The topological polar surface area (TPSA) is 67.4 Å². The number of rotatable bonds is 3. The molecule has 0 bridgehead atoms. The number of nitrogens with zero attached hydrogens (tertiary/aromatic N) is 3. The molecule has 21 heavy (non-hydrogen) atoms. The number of carbonyl (C=O) groups excluding carboxylic acids is 1. The quantitative estimate of drug-likeness (QED) is 0.921. The summed E-state index contributed by atoms with van der Waals surface area (Å²) in [6, 6.07) is 0. The molecule has 0 spiro atoms. The summed E-state index contributed by atoms with van der Waals surface area (Å²) >= 11 is 0. The van der Waals surface area contributed by atoms with Gasteiger partial charge in [0.25, 0.3) is 5.91 Å². The zero-order valence-electron chi connectivity index (χ0n) is 13.4. The minimum Gasteiger partial charge on any atom is -0.385 e. The van der Waals surface area contributed by atoms with Gasteiger partial charge < -0.3 is 15.0 Å². The molecule has 0 aliphatic carbocycles. The lowest BCUT2D eigenvalue weighted by Crippen LogP contribution is -2.48. The normalized spacial score (nSPS) is 22.5. The standard InChI is InChI=1S/C15H24N4O2/c1-9(2)14-17-6-12(16-5)13(18-14)15(20)19-7-10(3)21-11(4)8-19/h6,9-11,16H,7-8H2,1-5H3/t10-,11+. The SMILES string of the molecule is CNc1cnc(C(C)C)nc1C(=O)N1C[C@@H](C)O[C@@H](C)C1. The Balaban J connectivity index is 2.30. The molecule has 1 fully saturated rings. The summed E-state index contributed by atoms with van der Waals surface area (Å²) in [4.78, 5) is 23.4. The molecule has 2 rings (SSSR count). The van der Waals surface area contributed by atoms with E-state index in [9.17, 15) is 4.79 Å². The number of aromatic nitrogens is 2. The fourth-order valence-electron chi connectivity index (χ4n) is 2.51. The minimum atomic E-state index is -0.0642. The third-order valence-electron chi connectivity index (χ3n) is 3.50. The molecule has 1 aliphatic heterocycles. The van der Waals surface area contributed by atoms with Crippen LogP contribution in [0.3, 0.4) is 0 Å². The highest BCUT2D eigenvalue weighted by molar-refractivity contribution is 5.97. The van der Waals surface area contributed by atoms with Gasteiger partial charge in [-0.1, -0.05) is 13.8 Å². The Bertz CT molecular complexity index is 508. The van der Waals surface area contributed by atoms with E-state index >= 15 is 0 Å². The van der Waals surface area contributed by atoms with Gasteiger partial charge in [0.1, 0.15) is 5.82 Å². The van der Waals surface area contributed by atoms with E-state index in [0.717, 1.165) is 0 Å². The van der Waals surface area contributed by atoms with Gasteiger partial charge in [-0.25, -0.2) is 9.97 Å². The molecule has 1 amide bonds. The summed E-state index contributed by atoms with van der Waals surface area (Å²) in [5, 5.41) is 3.00. The van der Waals surface area contributed by atoms with Gasteiger partial charge in [-0.3, -0.25) is 4.79 Å². The molecule has 0 radical (unpaired) electrons. The maximum Gasteiger partial charge on any atom is 0.274 e. The number of hydrogen-bond donors (Lipinski definition) is 1. The van der Waals surface area contributed by atoms with Gasteiger partial charge in [-0.05, 0) is 13.8 Å². The van der Waals surface area contributed by atoms with Crippen LogP contribution in [0, 0.1) is 0 Å². The molecule has 116 valence electrons. The molecule has 1 aliphatic rings. The molecule has 1 N–H and O–H groups in total. The molecule has 2 atom stereocenters. The van der Waals surface area contributed by atoms with Crippen LogP contribution in [-0.2, 0) is 4.74 Å². The van der Waals surface area contributed by atoms with Crippen molar-refractivity contribution in [1.29, 1.82) is 0 Å². The molecule has 1 aromatic rings. The van der Waals surface area contributed by atoms with Crippen LogP contribution in [0.2, 0.25) is 0 Å². The van der Waals surface area contributed by atoms with E-state index in [2.05, 4.69) is 15.3 Å². The lowest BCUT2D eigenvalue weighted by atomic mass is 10.1. The van der Waals surface area contributed by atoms with E-state index in [4.69, 9.17) is 4.74 Å². The van der Waals surface area contributed by atoms with Crippen LogP contribution < -0.4 is 5.32 Å². The first kappa shape index (κ1) is 15.7. The van der Waals surface area contributed by atoms with Crippen LogP contribution in [0.25, 0.3) is 0 Å². The maximum absolute atomic E-state index is 12.8. The lowest BCUT2D eigenvalue weighted by Gasteiger charge is -2.35. The van der Waals surface area contributed by atoms with Crippen LogP contribution >= 0.6 is 0 Å². The molecular formula is C15H24N4O2. The smallest absolute Gasteiger partial charge is 0.274 e. The zero-order valence-corrected chi connectivity index (χ0v) is 13.4. The van der Waals surface area contributed by atoms with Gasteiger partial charge in [0.15, 0.2) is 5.69 Å². The van der Waals surface area contributed by atoms with Crippen molar-refractivity contribution in [2.45, 2.75) is 45.8 Å². The average molecular weight is 292 g/mol. The number of amides is 1. The first-order chi connectivity index (χ1) is 9.92. The second-order valence-electron chi connectivity index (χ2n) is 5.86. The summed E-state index contributed by atoms with van der Waals surface area (Å²) in [5.41, 5.74) is 1.11. The predicted octanol–water partition coefficient (Wildman–Crippen LogP) is 1.89. The first-order valence-corrected chi connectivity index (χ1v) is 7.41. The van der Waals surface area contributed by atoms with E-state index in [-0.39, 0.29) is 24.0 Å². The van der Waals surface area contributed by atoms with Gasteiger partial charge >= 0.3 is 0 Å². The van der Waals surface area contributed by atoms with E-state index < -0.39 is 0 Å². The second kappa shape index (κ2) is 6.39. The van der Waals surface area contributed by atoms with Gasteiger partial charge in [-0.2, -0.15) is 0 Å². The molecule has 0 saturated carbocycles. The monoisotopic (exact) mass is 292 g/mol. The number of morpholine rings is 1. The van der Waals surface area contributed by atoms with Crippen molar-refractivity contribution in [3.05, 3.63) is 17.7 Å². The number of anilines is 1. The Labute approximate surface area is 125 Å². The van der Waals surface area contributed by atoms with Crippen molar-refractivity contribution in [3.63, 3.8) is 0 Å². The predicted molar refractivity (Wildman–Crippen MR) is 81.6 cm³/mol. The van der Waals surface area contributed by atoms with Gasteiger partial charge in [0.2, 0.25) is 0 Å². The highest BCUT2D eigenvalue weighted by Crippen LogP contribution is 2.20. The number of ether oxygens (including phenoxy) is 1. The summed E-state index contributed by atoms with van der Waals surface area (Å²) in [7, 11) is 1.77. The molecular weight excluding hydrogens is 268 g/mol. The Morgan fingerprint density at radius 2 is 2.00 bits per heavy atom. The van der Waals surface area contributed by atoms with Crippen molar-refractivity contribution in [2.24, 2.45) is 0 Å². The maximum atomic E-state index is 12.8. The van der Waals surface area contributed by atoms with Gasteiger partial charge in [0, 0.05) is 26.1 Å².